The topological polar surface area (TPSA) is 103 Å². The maximum absolute atomic E-state index is 12.4. The number of carboxylic acids is 1. The van der Waals surface area contributed by atoms with Crippen molar-refractivity contribution in [2.45, 2.75) is 25.9 Å². The van der Waals surface area contributed by atoms with E-state index in [0.29, 0.717) is 11.5 Å². The first kappa shape index (κ1) is 18.3. The van der Waals surface area contributed by atoms with Crippen molar-refractivity contribution in [3.05, 3.63) is 41.7 Å². The number of nitrogens with zero attached hydrogens (tertiary/aromatic N) is 2. The number of hydrogen-bond donors (Lipinski definition) is 2. The molecule has 2 N–H and O–H groups in total. The van der Waals surface area contributed by atoms with Gasteiger partial charge in [0, 0.05) is 11.8 Å². The summed E-state index contributed by atoms with van der Waals surface area (Å²) in [5.41, 5.74) is 1.000. The second-order valence-corrected chi connectivity index (χ2v) is 5.41. The lowest BCUT2D eigenvalue weighted by molar-refractivity contribution is -0.137. The first-order valence-electron chi connectivity index (χ1n) is 7.72. The summed E-state index contributed by atoms with van der Waals surface area (Å²) in [6.07, 6.45) is 1.52. The molecule has 2 aromatic rings. The molecule has 0 bridgehead atoms. The first-order valence-corrected chi connectivity index (χ1v) is 7.72. The van der Waals surface area contributed by atoms with Gasteiger partial charge in [0.1, 0.15) is 17.2 Å². The van der Waals surface area contributed by atoms with Gasteiger partial charge in [-0.25, -0.2) is 0 Å². The van der Waals surface area contributed by atoms with Gasteiger partial charge in [0.15, 0.2) is 0 Å². The van der Waals surface area contributed by atoms with E-state index in [1.807, 2.05) is 6.92 Å². The van der Waals surface area contributed by atoms with E-state index in [4.69, 9.17) is 14.6 Å². The molecular formula is C17H21N3O5. The second-order valence-electron chi connectivity index (χ2n) is 5.41. The lowest BCUT2D eigenvalue weighted by Gasteiger charge is -2.17. The van der Waals surface area contributed by atoms with Gasteiger partial charge in [-0.05, 0) is 31.2 Å². The van der Waals surface area contributed by atoms with E-state index in [1.54, 1.807) is 44.7 Å². The van der Waals surface area contributed by atoms with Crippen LogP contribution in [-0.2, 0) is 11.3 Å². The van der Waals surface area contributed by atoms with E-state index < -0.39 is 5.97 Å². The minimum Gasteiger partial charge on any atom is -0.497 e. The summed E-state index contributed by atoms with van der Waals surface area (Å²) in [6.45, 7) is 2.04. The third kappa shape index (κ3) is 4.72. The molecule has 2 rings (SSSR count). The van der Waals surface area contributed by atoms with E-state index in [0.717, 1.165) is 5.56 Å². The van der Waals surface area contributed by atoms with Crippen LogP contribution in [0.3, 0.4) is 0 Å². The Morgan fingerprint density at radius 3 is 2.68 bits per heavy atom. The van der Waals surface area contributed by atoms with Crippen molar-refractivity contribution in [3.63, 3.8) is 0 Å². The lowest BCUT2D eigenvalue weighted by Crippen LogP contribution is -2.27. The number of methoxy groups -OCH3 is 2. The van der Waals surface area contributed by atoms with Crippen LogP contribution in [0.15, 0.2) is 30.5 Å². The Balaban J connectivity index is 2.08. The number of benzene rings is 1. The van der Waals surface area contributed by atoms with Crippen LogP contribution < -0.4 is 14.8 Å². The fraction of sp³-hybridized carbons (Fsp3) is 0.353. The Kier molecular flexibility index (Phi) is 5.99. The molecule has 1 aromatic carbocycles. The molecule has 1 unspecified atom stereocenters. The number of carbonyl (C=O) groups excluding carboxylic acids is 1. The van der Waals surface area contributed by atoms with Crippen molar-refractivity contribution >= 4 is 11.9 Å². The number of hydrogen-bond acceptors (Lipinski definition) is 5. The number of amides is 1. The molecule has 1 amide bonds. The minimum absolute atomic E-state index is 0.0554. The van der Waals surface area contributed by atoms with Crippen molar-refractivity contribution in [2.24, 2.45) is 0 Å². The maximum Gasteiger partial charge on any atom is 0.305 e. The molecule has 0 aliphatic heterocycles. The zero-order valence-electron chi connectivity index (χ0n) is 14.4. The molecule has 0 fully saturated rings. The number of aryl methyl sites for hydroxylation is 1. The van der Waals surface area contributed by atoms with Crippen molar-refractivity contribution < 1.29 is 24.2 Å². The van der Waals surface area contributed by atoms with Crippen LogP contribution in [0.2, 0.25) is 0 Å². The SMILES string of the molecule is COc1ccc(OC)c(C(C)NC(=O)c2ccn(CCC(=O)O)n2)c1. The van der Waals surface area contributed by atoms with Gasteiger partial charge in [-0.2, -0.15) is 5.10 Å². The largest absolute Gasteiger partial charge is 0.497 e. The summed E-state index contributed by atoms with van der Waals surface area (Å²) in [6, 6.07) is 6.57. The molecule has 0 saturated heterocycles. The summed E-state index contributed by atoms with van der Waals surface area (Å²) in [7, 11) is 3.13. The van der Waals surface area contributed by atoms with Gasteiger partial charge in [-0.15, -0.1) is 0 Å². The van der Waals surface area contributed by atoms with E-state index in [-0.39, 0.29) is 30.6 Å². The molecule has 134 valence electrons. The zero-order chi connectivity index (χ0) is 18.4. The van der Waals surface area contributed by atoms with Crippen molar-refractivity contribution in [3.8, 4) is 11.5 Å². The predicted octanol–water partition coefficient (Wildman–Crippen LogP) is 1.87. The highest BCUT2D eigenvalue weighted by molar-refractivity contribution is 5.92. The average molecular weight is 347 g/mol. The number of aliphatic carboxylic acids is 1. The Morgan fingerprint density at radius 2 is 2.04 bits per heavy atom. The smallest absolute Gasteiger partial charge is 0.305 e. The fourth-order valence-electron chi connectivity index (χ4n) is 2.34. The summed E-state index contributed by atoms with van der Waals surface area (Å²) in [5.74, 6) is 0.0297. The van der Waals surface area contributed by atoms with E-state index in [9.17, 15) is 9.59 Å². The highest BCUT2D eigenvalue weighted by Crippen LogP contribution is 2.29. The van der Waals surface area contributed by atoms with Gasteiger partial charge in [-0.3, -0.25) is 14.3 Å². The van der Waals surface area contributed by atoms with Gasteiger partial charge < -0.3 is 19.9 Å². The van der Waals surface area contributed by atoms with Crippen LogP contribution >= 0.6 is 0 Å². The number of carboxylic acid groups (broad SMARTS) is 1. The Hall–Kier alpha value is -3.03. The normalized spacial score (nSPS) is 11.6. The number of ether oxygens (including phenoxy) is 2. The van der Waals surface area contributed by atoms with Crippen LogP contribution in [0.25, 0.3) is 0 Å². The molecule has 8 nitrogen and oxygen atoms in total. The van der Waals surface area contributed by atoms with E-state index >= 15 is 0 Å². The Labute approximate surface area is 145 Å². The van der Waals surface area contributed by atoms with Crippen LogP contribution in [-0.4, -0.2) is 41.0 Å². The van der Waals surface area contributed by atoms with Crippen LogP contribution in [0, 0.1) is 0 Å². The summed E-state index contributed by atoms with van der Waals surface area (Å²) in [4.78, 5) is 22.9. The molecule has 25 heavy (non-hydrogen) atoms. The van der Waals surface area contributed by atoms with Gasteiger partial charge in [0.2, 0.25) is 0 Å². The van der Waals surface area contributed by atoms with Crippen LogP contribution in [0.5, 0.6) is 11.5 Å². The molecule has 1 atom stereocenters. The van der Waals surface area contributed by atoms with E-state index in [2.05, 4.69) is 10.4 Å². The Morgan fingerprint density at radius 1 is 1.28 bits per heavy atom. The molecule has 0 saturated carbocycles. The number of rotatable bonds is 8. The van der Waals surface area contributed by atoms with Crippen LogP contribution in [0.4, 0.5) is 0 Å². The second kappa shape index (κ2) is 8.18. The molecule has 8 heteroatoms. The molecule has 0 radical (unpaired) electrons. The van der Waals surface area contributed by atoms with Crippen molar-refractivity contribution in [1.82, 2.24) is 15.1 Å². The predicted molar refractivity (Wildman–Crippen MR) is 89.9 cm³/mol. The van der Waals surface area contributed by atoms with Gasteiger partial charge in [0.05, 0.1) is 33.2 Å². The third-order valence-electron chi connectivity index (χ3n) is 3.68. The lowest BCUT2D eigenvalue weighted by atomic mass is 10.1. The average Bonchev–Trinajstić information content (AvgIpc) is 3.08. The summed E-state index contributed by atoms with van der Waals surface area (Å²) in [5, 5.41) is 15.6. The third-order valence-corrected chi connectivity index (χ3v) is 3.68. The summed E-state index contributed by atoms with van der Waals surface area (Å²) >= 11 is 0. The summed E-state index contributed by atoms with van der Waals surface area (Å²) < 4.78 is 12.0. The maximum atomic E-state index is 12.4. The van der Waals surface area contributed by atoms with Gasteiger partial charge >= 0.3 is 5.97 Å². The fourth-order valence-corrected chi connectivity index (χ4v) is 2.34. The highest BCUT2D eigenvalue weighted by atomic mass is 16.5. The molecule has 0 spiro atoms. The van der Waals surface area contributed by atoms with Gasteiger partial charge in [0.25, 0.3) is 5.91 Å². The van der Waals surface area contributed by atoms with Gasteiger partial charge in [-0.1, -0.05) is 0 Å². The number of nitrogens with one attached hydrogen (secondary N) is 1. The molecule has 1 heterocycles. The molecule has 0 aliphatic carbocycles. The van der Waals surface area contributed by atoms with Crippen LogP contribution in [0.1, 0.15) is 35.4 Å². The number of carbonyl (C=O) groups is 2. The number of aromatic nitrogens is 2. The van der Waals surface area contributed by atoms with E-state index in [1.165, 1.54) is 4.68 Å². The van der Waals surface area contributed by atoms with Crippen molar-refractivity contribution in [1.29, 1.82) is 0 Å². The monoisotopic (exact) mass is 347 g/mol. The first-order chi connectivity index (χ1) is 11.9. The standard InChI is InChI=1S/C17H21N3O5/c1-11(13-10-12(24-2)4-5-15(13)25-3)18-17(23)14-6-8-20(19-14)9-7-16(21)22/h4-6,8,10-11H,7,9H2,1-3H3,(H,18,23)(H,21,22). The Bertz CT molecular complexity index is 756. The minimum atomic E-state index is -0.916. The molecular weight excluding hydrogens is 326 g/mol. The molecule has 1 aromatic heterocycles. The highest BCUT2D eigenvalue weighted by Gasteiger charge is 2.18. The zero-order valence-corrected chi connectivity index (χ0v) is 14.4. The molecule has 0 aliphatic rings. The van der Waals surface area contributed by atoms with Crippen molar-refractivity contribution in [2.75, 3.05) is 14.2 Å². The quantitative estimate of drug-likeness (QED) is 0.756.